The number of aryl methyl sites for hydroxylation is 1. The number of tetrazole rings is 1. The first-order valence-electron chi connectivity index (χ1n) is 13.2. The summed E-state index contributed by atoms with van der Waals surface area (Å²) in [6.07, 6.45) is 2.11. The largest absolute Gasteiger partial charge is 0.495 e. The topological polar surface area (TPSA) is 101 Å². The Bertz CT molecular complexity index is 1470. The highest BCUT2D eigenvalue weighted by Gasteiger charge is 2.34. The number of H-pyrrole nitrogens is 1. The average molecular weight is 516 g/mol. The van der Waals surface area contributed by atoms with Crippen molar-refractivity contribution in [1.82, 2.24) is 30.1 Å². The first-order valence-corrected chi connectivity index (χ1v) is 13.2. The number of methoxy groups -OCH3 is 1. The van der Waals surface area contributed by atoms with Gasteiger partial charge in [0, 0.05) is 43.9 Å². The van der Waals surface area contributed by atoms with Crippen LogP contribution < -0.4 is 15.2 Å². The van der Waals surface area contributed by atoms with Crippen molar-refractivity contribution in [3.63, 3.8) is 0 Å². The maximum Gasteiger partial charge on any atom is 0.253 e. The zero-order chi connectivity index (χ0) is 26.1. The van der Waals surface area contributed by atoms with Crippen molar-refractivity contribution in [3.8, 4) is 5.75 Å². The molecule has 4 heterocycles. The van der Waals surface area contributed by atoms with Crippen LogP contribution in [-0.4, -0.2) is 76.1 Å². The van der Waals surface area contributed by atoms with Crippen LogP contribution in [0.5, 0.6) is 5.75 Å². The Labute approximate surface area is 221 Å². The fourth-order valence-corrected chi connectivity index (χ4v) is 5.68. The number of anilines is 1. The van der Waals surface area contributed by atoms with Crippen LogP contribution in [0.4, 0.5) is 5.69 Å². The number of hydrogen-bond donors (Lipinski definition) is 1. The lowest BCUT2D eigenvalue weighted by atomic mass is 10.0. The lowest BCUT2D eigenvalue weighted by Crippen LogP contribution is -2.49. The number of aromatic nitrogens is 5. The minimum Gasteiger partial charge on any atom is -0.495 e. The van der Waals surface area contributed by atoms with Gasteiger partial charge in [-0.3, -0.25) is 9.69 Å². The van der Waals surface area contributed by atoms with Crippen LogP contribution in [0.1, 0.15) is 35.8 Å². The van der Waals surface area contributed by atoms with Crippen molar-refractivity contribution in [1.29, 1.82) is 0 Å². The summed E-state index contributed by atoms with van der Waals surface area (Å²) in [4.78, 5) is 21.3. The highest BCUT2D eigenvalue weighted by atomic mass is 16.5. The van der Waals surface area contributed by atoms with Crippen molar-refractivity contribution < 1.29 is 9.47 Å². The third-order valence-corrected chi connectivity index (χ3v) is 7.63. The molecule has 10 heteroatoms. The fraction of sp³-hybridized carbons (Fsp3) is 0.429. The molecule has 2 saturated heterocycles. The standard InChI is InChI=1S/C28H33N7O3/c1-19-9-10-23-20(16-19)17-22(28(36)29-23)26(27-30-31-32-35(27)18-21-6-5-15-38-21)34-13-11-33(12-14-34)24-7-3-4-8-25(24)37-2/h3-4,7-10,16-17,21,26H,5-6,11-15,18H2,1-2H3,(H,29,36)/t21-,26+/m0/s1. The number of aromatic amines is 1. The van der Waals surface area contributed by atoms with Crippen LogP contribution in [0.3, 0.4) is 0 Å². The first-order chi connectivity index (χ1) is 18.6. The molecular formula is C28H33N7O3. The summed E-state index contributed by atoms with van der Waals surface area (Å²) in [5.41, 5.74) is 3.57. The van der Waals surface area contributed by atoms with E-state index in [0.717, 1.165) is 73.5 Å². The molecule has 0 unspecified atom stereocenters. The summed E-state index contributed by atoms with van der Waals surface area (Å²) in [5, 5.41) is 13.8. The monoisotopic (exact) mass is 515 g/mol. The number of para-hydroxylation sites is 2. The molecule has 1 N–H and O–H groups in total. The zero-order valence-electron chi connectivity index (χ0n) is 21.8. The molecule has 4 aromatic rings. The maximum absolute atomic E-state index is 13.5. The summed E-state index contributed by atoms with van der Waals surface area (Å²) in [7, 11) is 1.70. The van der Waals surface area contributed by atoms with Crippen molar-refractivity contribution in [2.45, 2.75) is 38.5 Å². The van der Waals surface area contributed by atoms with E-state index in [9.17, 15) is 4.79 Å². The predicted octanol–water partition coefficient (Wildman–Crippen LogP) is 2.92. The number of piperazine rings is 1. The number of ether oxygens (including phenoxy) is 2. The number of nitrogens with zero attached hydrogens (tertiary/aromatic N) is 6. The number of fused-ring (bicyclic) bond motifs is 1. The van der Waals surface area contributed by atoms with Crippen LogP contribution in [-0.2, 0) is 11.3 Å². The number of pyridine rings is 1. The molecule has 38 heavy (non-hydrogen) atoms. The van der Waals surface area contributed by atoms with Crippen molar-refractivity contribution in [2.75, 3.05) is 44.8 Å². The van der Waals surface area contributed by atoms with Gasteiger partial charge in [0.1, 0.15) is 11.8 Å². The van der Waals surface area contributed by atoms with Crippen molar-refractivity contribution >= 4 is 16.6 Å². The molecule has 2 aromatic heterocycles. The second-order valence-electron chi connectivity index (χ2n) is 10.1. The Morgan fingerprint density at radius 1 is 1.13 bits per heavy atom. The van der Waals surface area contributed by atoms with Gasteiger partial charge in [-0.25, -0.2) is 4.68 Å². The molecule has 2 fully saturated rings. The van der Waals surface area contributed by atoms with Crippen molar-refractivity contribution in [3.05, 3.63) is 75.8 Å². The third kappa shape index (κ3) is 4.77. The van der Waals surface area contributed by atoms with Crippen LogP contribution in [0.15, 0.2) is 53.3 Å². The van der Waals surface area contributed by atoms with Gasteiger partial charge in [-0.2, -0.15) is 0 Å². The van der Waals surface area contributed by atoms with E-state index in [1.807, 2.05) is 41.1 Å². The van der Waals surface area contributed by atoms with Crippen LogP contribution in [0, 0.1) is 6.92 Å². The Balaban J connectivity index is 1.36. The summed E-state index contributed by atoms with van der Waals surface area (Å²) in [5.74, 6) is 1.53. The van der Waals surface area contributed by atoms with Gasteiger partial charge in [0.25, 0.3) is 5.56 Å². The minimum absolute atomic E-state index is 0.0813. The van der Waals surface area contributed by atoms with Gasteiger partial charge < -0.3 is 19.4 Å². The van der Waals surface area contributed by atoms with Gasteiger partial charge in [-0.05, 0) is 65.9 Å². The minimum atomic E-state index is -0.389. The molecule has 6 rings (SSSR count). The first kappa shape index (κ1) is 24.6. The van der Waals surface area contributed by atoms with Gasteiger partial charge >= 0.3 is 0 Å². The molecule has 198 valence electrons. The van der Waals surface area contributed by atoms with E-state index in [4.69, 9.17) is 9.47 Å². The molecule has 0 aliphatic carbocycles. The lowest BCUT2D eigenvalue weighted by molar-refractivity contribution is 0.0906. The zero-order valence-corrected chi connectivity index (χ0v) is 21.8. The van der Waals surface area contributed by atoms with Gasteiger partial charge in [0.15, 0.2) is 5.82 Å². The van der Waals surface area contributed by atoms with E-state index in [0.29, 0.717) is 17.9 Å². The molecular weight excluding hydrogens is 482 g/mol. The van der Waals surface area contributed by atoms with E-state index in [1.54, 1.807) is 7.11 Å². The number of rotatable bonds is 7. The van der Waals surface area contributed by atoms with Gasteiger partial charge in [0.2, 0.25) is 0 Å². The lowest BCUT2D eigenvalue weighted by Gasteiger charge is -2.40. The SMILES string of the molecule is COc1ccccc1N1CCN([C@H](c2cc3cc(C)ccc3[nH]c2=O)c2nnnn2C[C@@H]2CCCO2)CC1. The van der Waals surface area contributed by atoms with E-state index in [-0.39, 0.29) is 17.7 Å². The summed E-state index contributed by atoms with van der Waals surface area (Å²) < 4.78 is 13.3. The van der Waals surface area contributed by atoms with Crippen LogP contribution >= 0.6 is 0 Å². The summed E-state index contributed by atoms with van der Waals surface area (Å²) in [6, 6.07) is 15.8. The second-order valence-corrected chi connectivity index (χ2v) is 10.1. The third-order valence-electron chi connectivity index (χ3n) is 7.63. The predicted molar refractivity (Wildman–Crippen MR) is 145 cm³/mol. The summed E-state index contributed by atoms with van der Waals surface area (Å²) in [6.45, 7) is 6.44. The molecule has 2 aliphatic rings. The number of nitrogens with one attached hydrogen (secondary N) is 1. The highest BCUT2D eigenvalue weighted by Crippen LogP contribution is 2.32. The number of benzene rings is 2. The average Bonchev–Trinajstić information content (AvgIpc) is 3.63. The Morgan fingerprint density at radius 3 is 2.76 bits per heavy atom. The van der Waals surface area contributed by atoms with Crippen LogP contribution in [0.2, 0.25) is 0 Å². The van der Waals surface area contributed by atoms with Crippen LogP contribution in [0.25, 0.3) is 10.9 Å². The second kappa shape index (κ2) is 10.5. The Morgan fingerprint density at radius 2 is 1.97 bits per heavy atom. The smallest absolute Gasteiger partial charge is 0.253 e. The molecule has 10 nitrogen and oxygen atoms in total. The van der Waals surface area contributed by atoms with E-state index < -0.39 is 0 Å². The molecule has 0 bridgehead atoms. The summed E-state index contributed by atoms with van der Waals surface area (Å²) >= 11 is 0. The molecule has 2 aliphatic heterocycles. The molecule has 0 saturated carbocycles. The van der Waals surface area contributed by atoms with E-state index in [1.165, 1.54) is 0 Å². The van der Waals surface area contributed by atoms with Gasteiger partial charge in [-0.1, -0.05) is 23.8 Å². The molecule has 2 aromatic carbocycles. The van der Waals surface area contributed by atoms with Crippen molar-refractivity contribution in [2.24, 2.45) is 0 Å². The maximum atomic E-state index is 13.5. The van der Waals surface area contributed by atoms with Gasteiger partial charge in [-0.15, -0.1) is 5.10 Å². The highest BCUT2D eigenvalue weighted by molar-refractivity contribution is 5.79. The molecule has 0 spiro atoms. The normalized spacial score (nSPS) is 19.2. The van der Waals surface area contributed by atoms with Gasteiger partial charge in [0.05, 0.1) is 25.4 Å². The van der Waals surface area contributed by atoms with E-state index in [2.05, 4.69) is 49.4 Å². The molecule has 0 amide bonds. The van der Waals surface area contributed by atoms with E-state index >= 15 is 0 Å². The Kier molecular flexibility index (Phi) is 6.82. The molecule has 0 radical (unpaired) electrons. The molecule has 2 atom stereocenters. The number of hydrogen-bond acceptors (Lipinski definition) is 8. The Hall–Kier alpha value is -3.76. The fourth-order valence-electron chi connectivity index (χ4n) is 5.68. The quantitative estimate of drug-likeness (QED) is 0.401.